The third-order valence-electron chi connectivity index (χ3n) is 3.41. The summed E-state index contributed by atoms with van der Waals surface area (Å²) in [4.78, 5) is 16.6. The molecule has 1 aromatic heterocycles. The zero-order chi connectivity index (χ0) is 14.5. The molecule has 0 fully saturated rings. The first-order chi connectivity index (χ1) is 9.61. The summed E-state index contributed by atoms with van der Waals surface area (Å²) in [5.41, 5.74) is 1.55. The normalized spacial score (nSPS) is 12.6. The molecule has 1 N–H and O–H groups in total. The molecule has 3 nitrogen and oxygen atoms in total. The number of carbonyl (C=O) groups is 1. The summed E-state index contributed by atoms with van der Waals surface area (Å²) in [6.45, 7) is 4.17. The van der Waals surface area contributed by atoms with Crippen LogP contribution < -0.4 is 5.32 Å². The number of carbonyl (C=O) groups excluding carboxylic acids is 1. The Morgan fingerprint density at radius 1 is 1.35 bits per heavy atom. The predicted octanol–water partition coefficient (Wildman–Crippen LogP) is 3.62. The number of benzene rings is 1. The van der Waals surface area contributed by atoms with Crippen LogP contribution in [0.3, 0.4) is 0 Å². The van der Waals surface area contributed by atoms with Gasteiger partial charge in [0.05, 0.1) is 5.52 Å². The van der Waals surface area contributed by atoms with Gasteiger partial charge in [-0.3, -0.25) is 9.78 Å². The number of pyridine rings is 1. The van der Waals surface area contributed by atoms with Gasteiger partial charge in [0.15, 0.2) is 0 Å². The Morgan fingerprint density at radius 3 is 2.85 bits per heavy atom. The molecule has 0 aliphatic heterocycles. The summed E-state index contributed by atoms with van der Waals surface area (Å²) in [6.07, 6.45) is 2.53. The maximum Gasteiger partial charge on any atom is 0.251 e. The number of amides is 1. The third-order valence-corrected chi connectivity index (χ3v) is 3.62. The Labute approximate surface area is 124 Å². The van der Waals surface area contributed by atoms with Gasteiger partial charge in [-0.25, -0.2) is 0 Å². The van der Waals surface area contributed by atoms with Gasteiger partial charge in [-0.05, 0) is 36.6 Å². The van der Waals surface area contributed by atoms with E-state index in [2.05, 4.69) is 24.1 Å². The van der Waals surface area contributed by atoms with Crippen LogP contribution in [0.25, 0.3) is 10.9 Å². The average molecular weight is 291 g/mol. The quantitative estimate of drug-likeness (QED) is 0.855. The van der Waals surface area contributed by atoms with E-state index in [0.717, 1.165) is 17.3 Å². The minimum atomic E-state index is -0.0560. The van der Waals surface area contributed by atoms with E-state index in [9.17, 15) is 4.79 Å². The van der Waals surface area contributed by atoms with Gasteiger partial charge in [-0.1, -0.05) is 19.9 Å². The lowest BCUT2D eigenvalue weighted by atomic mass is 10.0. The fraction of sp³-hybridized carbons (Fsp3) is 0.375. The maximum atomic E-state index is 12.3. The van der Waals surface area contributed by atoms with Gasteiger partial charge in [-0.2, -0.15) is 0 Å². The molecule has 0 bridgehead atoms. The molecule has 0 spiro atoms. The first-order valence-electron chi connectivity index (χ1n) is 6.83. The number of rotatable bonds is 5. The molecule has 1 heterocycles. The van der Waals surface area contributed by atoms with E-state index in [1.165, 1.54) is 0 Å². The molecule has 1 amide bonds. The molecule has 20 heavy (non-hydrogen) atoms. The van der Waals surface area contributed by atoms with Crippen molar-refractivity contribution in [1.82, 2.24) is 10.3 Å². The number of hydrogen-bond donors (Lipinski definition) is 1. The van der Waals surface area contributed by atoms with Crippen molar-refractivity contribution in [2.24, 2.45) is 5.92 Å². The van der Waals surface area contributed by atoms with Crippen LogP contribution >= 0.6 is 11.6 Å². The molecule has 106 valence electrons. The summed E-state index contributed by atoms with van der Waals surface area (Å²) < 4.78 is 0. The van der Waals surface area contributed by atoms with Crippen LogP contribution in [0.15, 0.2) is 36.5 Å². The molecule has 0 aliphatic rings. The lowest BCUT2D eigenvalue weighted by Gasteiger charge is -2.21. The summed E-state index contributed by atoms with van der Waals surface area (Å²) in [5, 5.41) is 4.03. The van der Waals surface area contributed by atoms with E-state index < -0.39 is 0 Å². The van der Waals surface area contributed by atoms with E-state index in [4.69, 9.17) is 11.6 Å². The van der Waals surface area contributed by atoms with Gasteiger partial charge < -0.3 is 5.32 Å². The van der Waals surface area contributed by atoms with E-state index in [1.807, 2.05) is 30.3 Å². The zero-order valence-corrected chi connectivity index (χ0v) is 12.5. The van der Waals surface area contributed by atoms with Crippen LogP contribution in [0.5, 0.6) is 0 Å². The van der Waals surface area contributed by atoms with E-state index in [-0.39, 0.29) is 11.9 Å². The van der Waals surface area contributed by atoms with Crippen LogP contribution in [0.2, 0.25) is 0 Å². The zero-order valence-electron chi connectivity index (χ0n) is 11.8. The highest BCUT2D eigenvalue weighted by Crippen LogP contribution is 2.14. The topological polar surface area (TPSA) is 42.0 Å². The second-order valence-electron chi connectivity index (χ2n) is 5.21. The monoisotopic (exact) mass is 290 g/mol. The van der Waals surface area contributed by atoms with Crippen LogP contribution in [-0.2, 0) is 0 Å². The van der Waals surface area contributed by atoms with Crippen molar-refractivity contribution >= 4 is 28.4 Å². The Kier molecular flexibility index (Phi) is 4.96. The number of alkyl halides is 1. The number of nitrogens with one attached hydrogen (secondary N) is 1. The SMILES string of the molecule is CC(C)C(CCCl)NC(=O)c1ccc2ncccc2c1. The molecule has 0 radical (unpaired) electrons. The number of hydrogen-bond acceptors (Lipinski definition) is 2. The lowest BCUT2D eigenvalue weighted by Crippen LogP contribution is -2.38. The highest BCUT2D eigenvalue weighted by Gasteiger charge is 2.16. The second-order valence-corrected chi connectivity index (χ2v) is 5.59. The highest BCUT2D eigenvalue weighted by atomic mass is 35.5. The maximum absolute atomic E-state index is 12.3. The molecule has 1 aromatic carbocycles. The van der Waals surface area contributed by atoms with Crippen molar-refractivity contribution in [3.05, 3.63) is 42.1 Å². The first-order valence-corrected chi connectivity index (χ1v) is 7.37. The average Bonchev–Trinajstić information content (AvgIpc) is 2.46. The van der Waals surface area contributed by atoms with Gasteiger partial charge >= 0.3 is 0 Å². The molecule has 0 saturated carbocycles. The van der Waals surface area contributed by atoms with E-state index >= 15 is 0 Å². The molecule has 0 saturated heterocycles. The molecular formula is C16H19ClN2O. The molecule has 1 atom stereocenters. The van der Waals surface area contributed by atoms with Crippen molar-refractivity contribution in [2.75, 3.05) is 5.88 Å². The second kappa shape index (κ2) is 6.71. The fourth-order valence-electron chi connectivity index (χ4n) is 2.16. The van der Waals surface area contributed by atoms with Crippen LogP contribution in [-0.4, -0.2) is 22.8 Å². The van der Waals surface area contributed by atoms with Crippen molar-refractivity contribution in [2.45, 2.75) is 26.3 Å². The molecule has 1 unspecified atom stereocenters. The minimum Gasteiger partial charge on any atom is -0.349 e. The number of halogens is 1. The van der Waals surface area contributed by atoms with Gasteiger partial charge in [0, 0.05) is 29.1 Å². The number of aromatic nitrogens is 1. The number of nitrogens with zero attached hydrogens (tertiary/aromatic N) is 1. The minimum absolute atomic E-state index is 0.0560. The van der Waals surface area contributed by atoms with E-state index in [1.54, 1.807) is 6.20 Å². The fourth-order valence-corrected chi connectivity index (χ4v) is 2.39. The Bertz CT molecular complexity index is 598. The molecular weight excluding hydrogens is 272 g/mol. The summed E-state index contributed by atoms with van der Waals surface area (Å²) >= 11 is 5.79. The Morgan fingerprint density at radius 2 is 2.15 bits per heavy atom. The molecule has 2 aromatic rings. The standard InChI is InChI=1S/C16H19ClN2O/c1-11(2)14(7-8-17)19-16(20)13-5-6-15-12(10-13)4-3-9-18-15/h3-6,9-11,14H,7-8H2,1-2H3,(H,19,20). The van der Waals surface area contributed by atoms with Crippen LogP contribution in [0.4, 0.5) is 0 Å². The van der Waals surface area contributed by atoms with Gasteiger partial charge in [0.2, 0.25) is 0 Å². The van der Waals surface area contributed by atoms with Crippen molar-refractivity contribution in [3.8, 4) is 0 Å². The first kappa shape index (κ1) is 14.8. The summed E-state index contributed by atoms with van der Waals surface area (Å²) in [6, 6.07) is 9.48. The molecule has 4 heteroatoms. The Balaban J connectivity index is 2.18. The molecule has 2 rings (SSSR count). The largest absolute Gasteiger partial charge is 0.349 e. The highest BCUT2D eigenvalue weighted by molar-refractivity contribution is 6.17. The third kappa shape index (κ3) is 3.48. The van der Waals surface area contributed by atoms with Crippen LogP contribution in [0.1, 0.15) is 30.6 Å². The Hall–Kier alpha value is -1.61. The summed E-state index contributed by atoms with van der Waals surface area (Å²) in [5.74, 6) is 0.851. The van der Waals surface area contributed by atoms with Crippen molar-refractivity contribution < 1.29 is 4.79 Å². The lowest BCUT2D eigenvalue weighted by molar-refractivity contribution is 0.0925. The van der Waals surface area contributed by atoms with Gasteiger partial charge in [0.1, 0.15) is 0 Å². The summed E-state index contributed by atoms with van der Waals surface area (Å²) in [7, 11) is 0. The van der Waals surface area contributed by atoms with Crippen LogP contribution in [0, 0.1) is 5.92 Å². The van der Waals surface area contributed by atoms with E-state index in [0.29, 0.717) is 17.4 Å². The smallest absolute Gasteiger partial charge is 0.251 e. The van der Waals surface area contributed by atoms with Crippen molar-refractivity contribution in [1.29, 1.82) is 0 Å². The molecule has 0 aliphatic carbocycles. The van der Waals surface area contributed by atoms with Gasteiger partial charge in [-0.15, -0.1) is 11.6 Å². The van der Waals surface area contributed by atoms with Gasteiger partial charge in [0.25, 0.3) is 5.91 Å². The number of fused-ring (bicyclic) bond motifs is 1. The van der Waals surface area contributed by atoms with Crippen molar-refractivity contribution in [3.63, 3.8) is 0 Å². The predicted molar refractivity (Wildman–Crippen MR) is 83.2 cm³/mol.